The number of hydrogen-bond donors (Lipinski definition) is 0. The molecule has 0 unspecified atom stereocenters. The van der Waals surface area contributed by atoms with E-state index in [2.05, 4.69) is 68.6 Å². The van der Waals surface area contributed by atoms with E-state index in [9.17, 15) is 0 Å². The zero-order valence-electron chi connectivity index (χ0n) is 18.8. The average molecular weight is 459 g/mol. The van der Waals surface area contributed by atoms with Crippen molar-refractivity contribution < 1.29 is 16.5 Å². The molecule has 2 aromatic carbocycles. The maximum atomic E-state index is 5.02. The van der Waals surface area contributed by atoms with Crippen LogP contribution in [0.2, 0.25) is 0 Å². The van der Waals surface area contributed by atoms with Crippen LogP contribution >= 0.6 is 0 Å². The Balaban J connectivity index is 0.00000480. The van der Waals surface area contributed by atoms with Gasteiger partial charge in [-0.05, 0) is 74.6 Å². The van der Waals surface area contributed by atoms with Gasteiger partial charge in [-0.2, -0.15) is 0 Å². The van der Waals surface area contributed by atoms with Gasteiger partial charge in [-0.25, -0.2) is 0 Å². The molecule has 0 aliphatic heterocycles. The molecule has 0 atom stereocenters. The summed E-state index contributed by atoms with van der Waals surface area (Å²) in [6.07, 6.45) is 15.5. The zero-order chi connectivity index (χ0) is 21.4. The summed E-state index contributed by atoms with van der Waals surface area (Å²) in [7, 11) is 0. The summed E-state index contributed by atoms with van der Waals surface area (Å²) in [6.45, 7) is 9.87. The summed E-state index contributed by atoms with van der Waals surface area (Å²) in [5.41, 5.74) is 5.75. The van der Waals surface area contributed by atoms with Gasteiger partial charge in [-0.3, -0.25) is 9.98 Å². The molecule has 0 radical (unpaired) electrons. The van der Waals surface area contributed by atoms with Gasteiger partial charge < -0.3 is 0 Å². The summed E-state index contributed by atoms with van der Waals surface area (Å²) in [5.74, 6) is 0. The van der Waals surface area contributed by atoms with Crippen molar-refractivity contribution in [3.63, 3.8) is 0 Å². The van der Waals surface area contributed by atoms with E-state index < -0.39 is 0 Å². The van der Waals surface area contributed by atoms with Crippen molar-refractivity contribution in [1.82, 2.24) is 0 Å². The van der Waals surface area contributed by atoms with Gasteiger partial charge in [0, 0.05) is 22.7 Å². The molecule has 0 fully saturated rings. The van der Waals surface area contributed by atoms with Gasteiger partial charge in [0.25, 0.3) is 0 Å². The van der Waals surface area contributed by atoms with Crippen LogP contribution in [0, 0.1) is 0 Å². The molecule has 0 bridgehead atoms. The summed E-state index contributed by atoms with van der Waals surface area (Å²) >= 11 is 0. The van der Waals surface area contributed by atoms with E-state index in [1.807, 2.05) is 18.4 Å². The van der Waals surface area contributed by atoms with Crippen LogP contribution in [0.1, 0.15) is 63.0 Å². The fourth-order valence-electron chi connectivity index (χ4n) is 3.36. The van der Waals surface area contributed by atoms with Crippen molar-refractivity contribution in [2.75, 3.05) is 0 Å². The van der Waals surface area contributed by atoms with Crippen LogP contribution < -0.4 is 0 Å². The van der Waals surface area contributed by atoms with Crippen LogP contribution in [0.4, 0.5) is 11.4 Å². The van der Waals surface area contributed by atoms with Gasteiger partial charge in [0.1, 0.15) is 0 Å². The molecule has 0 aliphatic rings. The Labute approximate surface area is 199 Å². The first-order valence-corrected chi connectivity index (χ1v) is 11.3. The molecule has 0 aliphatic carbocycles. The molecule has 168 valence electrons. The first-order valence-electron chi connectivity index (χ1n) is 11.3. The molecule has 0 saturated heterocycles. The first-order chi connectivity index (χ1) is 14.8. The summed E-state index contributed by atoms with van der Waals surface area (Å²) in [5, 5.41) is 0. The Hall–Kier alpha value is -2.25. The molecule has 2 aromatic rings. The summed E-state index contributed by atoms with van der Waals surface area (Å²) < 4.78 is 0. The van der Waals surface area contributed by atoms with Crippen molar-refractivity contribution in [2.45, 2.75) is 64.7 Å². The van der Waals surface area contributed by atoms with Crippen LogP contribution in [-0.2, 0) is 29.3 Å². The number of rotatable bonds is 14. The molecule has 0 aromatic heterocycles. The maximum Gasteiger partial charge on any atom is 0.0665 e. The topological polar surface area (TPSA) is 24.7 Å². The molecule has 0 heterocycles. The molecular formula is C28H36N2Ni. The second kappa shape index (κ2) is 16.4. The SMILES string of the molecule is C=CCCCc1ccccc1N=CC(CCCC)=Nc1ccccc1CCCC=C.[Ni]. The number of aliphatic imine (C=N–C) groups is 2. The minimum absolute atomic E-state index is 0. The van der Waals surface area contributed by atoms with Gasteiger partial charge in [0.15, 0.2) is 0 Å². The number of unbranched alkanes of at least 4 members (excludes halogenated alkanes) is 3. The number of benzene rings is 2. The number of aryl methyl sites for hydroxylation is 2. The molecule has 2 rings (SSSR count). The Bertz CT molecular complexity index is 852. The van der Waals surface area contributed by atoms with Crippen LogP contribution in [0.3, 0.4) is 0 Å². The van der Waals surface area contributed by atoms with Crippen LogP contribution in [0.25, 0.3) is 0 Å². The molecule has 3 heteroatoms. The van der Waals surface area contributed by atoms with E-state index in [1.54, 1.807) is 0 Å². The van der Waals surface area contributed by atoms with E-state index >= 15 is 0 Å². The number of hydrogen-bond acceptors (Lipinski definition) is 2. The van der Waals surface area contributed by atoms with E-state index in [-0.39, 0.29) is 16.5 Å². The van der Waals surface area contributed by atoms with Crippen molar-refractivity contribution in [2.24, 2.45) is 9.98 Å². The molecule has 0 N–H and O–H groups in total. The predicted octanol–water partition coefficient (Wildman–Crippen LogP) is 8.37. The Morgan fingerprint density at radius 2 is 1.35 bits per heavy atom. The minimum atomic E-state index is 0. The molecule has 31 heavy (non-hydrogen) atoms. The van der Waals surface area contributed by atoms with Crippen LogP contribution in [0.5, 0.6) is 0 Å². The second-order valence-electron chi connectivity index (χ2n) is 7.58. The van der Waals surface area contributed by atoms with E-state index in [0.717, 1.165) is 74.9 Å². The van der Waals surface area contributed by atoms with Gasteiger partial charge in [0.05, 0.1) is 17.1 Å². The van der Waals surface area contributed by atoms with Crippen LogP contribution in [0.15, 0.2) is 83.8 Å². The molecule has 0 amide bonds. The average Bonchev–Trinajstić information content (AvgIpc) is 2.77. The largest absolute Gasteiger partial charge is 0.255 e. The van der Waals surface area contributed by atoms with Gasteiger partial charge in [-0.1, -0.05) is 61.9 Å². The number of nitrogens with zero attached hydrogens (tertiary/aromatic N) is 2. The quantitative estimate of drug-likeness (QED) is 0.117. The second-order valence-corrected chi connectivity index (χ2v) is 7.58. The van der Waals surface area contributed by atoms with Crippen molar-refractivity contribution in [3.05, 3.63) is 85.0 Å². The maximum absolute atomic E-state index is 5.02. The fraction of sp³-hybridized carbons (Fsp3) is 0.357. The Kier molecular flexibility index (Phi) is 14.2. The Morgan fingerprint density at radius 1 is 0.806 bits per heavy atom. The number of allylic oxidation sites excluding steroid dienone is 2. The van der Waals surface area contributed by atoms with E-state index in [1.165, 1.54) is 11.1 Å². The monoisotopic (exact) mass is 458 g/mol. The van der Waals surface area contributed by atoms with Crippen molar-refractivity contribution >= 4 is 23.3 Å². The normalized spacial score (nSPS) is 11.3. The fourth-order valence-corrected chi connectivity index (χ4v) is 3.36. The molecule has 0 spiro atoms. The van der Waals surface area contributed by atoms with Gasteiger partial charge >= 0.3 is 0 Å². The third kappa shape index (κ3) is 10.1. The van der Waals surface area contributed by atoms with Crippen LogP contribution in [-0.4, -0.2) is 11.9 Å². The molecular weight excluding hydrogens is 423 g/mol. The van der Waals surface area contributed by atoms with Crippen molar-refractivity contribution in [3.8, 4) is 0 Å². The predicted molar refractivity (Wildman–Crippen MR) is 134 cm³/mol. The number of para-hydroxylation sites is 2. The van der Waals surface area contributed by atoms with E-state index in [4.69, 9.17) is 9.98 Å². The molecule has 2 nitrogen and oxygen atoms in total. The third-order valence-corrected chi connectivity index (χ3v) is 5.10. The van der Waals surface area contributed by atoms with E-state index in [0.29, 0.717) is 0 Å². The minimum Gasteiger partial charge on any atom is -0.255 e. The standard InChI is InChI=1S/C28H36N2.Ni/c1-4-7-10-16-24-18-12-14-21-27(24)29-23-26(20-9-6-3)30-28-22-15-13-19-25(28)17-11-8-5-2;/h4-5,12-15,18-19,21-23H,1-2,6-11,16-17,20H2,3H3;. The van der Waals surface area contributed by atoms with Gasteiger partial charge in [0.2, 0.25) is 0 Å². The Morgan fingerprint density at radius 3 is 1.94 bits per heavy atom. The summed E-state index contributed by atoms with van der Waals surface area (Å²) in [4.78, 5) is 9.87. The first kappa shape index (κ1) is 26.8. The zero-order valence-corrected chi connectivity index (χ0v) is 19.8. The summed E-state index contributed by atoms with van der Waals surface area (Å²) in [6, 6.07) is 16.9. The molecule has 0 saturated carbocycles. The smallest absolute Gasteiger partial charge is 0.0665 e. The van der Waals surface area contributed by atoms with Gasteiger partial charge in [-0.15, -0.1) is 13.2 Å². The third-order valence-electron chi connectivity index (χ3n) is 5.10. The van der Waals surface area contributed by atoms with Crippen molar-refractivity contribution in [1.29, 1.82) is 0 Å².